The molecule has 3 atom stereocenters. The molecule has 1 saturated heterocycles. The van der Waals surface area contributed by atoms with Gasteiger partial charge in [-0.1, -0.05) is 51.1 Å². The summed E-state index contributed by atoms with van der Waals surface area (Å²) in [5, 5.41) is 0. The summed E-state index contributed by atoms with van der Waals surface area (Å²) >= 11 is 0. The topological polar surface area (TPSA) is 73.4 Å². The van der Waals surface area contributed by atoms with Crippen molar-refractivity contribution in [3.8, 4) is 0 Å². The number of nitrogens with two attached hydrogens (primary N) is 1. The van der Waals surface area contributed by atoms with Gasteiger partial charge in [0.2, 0.25) is 0 Å². The molecule has 2 aromatic rings. The van der Waals surface area contributed by atoms with Gasteiger partial charge in [0.15, 0.2) is 0 Å². The molecule has 2 heterocycles. The molecule has 7 heteroatoms. The lowest BCUT2D eigenvalue weighted by Crippen LogP contribution is -2.49. The van der Waals surface area contributed by atoms with Gasteiger partial charge in [-0.05, 0) is 23.8 Å². The summed E-state index contributed by atoms with van der Waals surface area (Å²) in [6.45, 7) is 7.11. The normalized spacial score (nSPS) is 18.9. The highest BCUT2D eigenvalue weighted by Gasteiger charge is 2.41. The molecule has 0 saturated carbocycles. The Labute approximate surface area is 178 Å². The maximum atomic E-state index is 14.5. The van der Waals surface area contributed by atoms with E-state index < -0.39 is 18.3 Å². The van der Waals surface area contributed by atoms with Gasteiger partial charge >= 0.3 is 0 Å². The smallest absolute Gasteiger partial charge is 0.252 e. The van der Waals surface area contributed by atoms with Crippen molar-refractivity contribution < 1.29 is 13.9 Å². The van der Waals surface area contributed by atoms with Gasteiger partial charge in [-0.2, -0.15) is 0 Å². The molecule has 1 fully saturated rings. The summed E-state index contributed by atoms with van der Waals surface area (Å²) in [6.07, 6.45) is 3.30. The third kappa shape index (κ3) is 5.26. The third-order valence-electron chi connectivity index (χ3n) is 5.46. The van der Waals surface area contributed by atoms with E-state index in [1.165, 1.54) is 0 Å². The Hall–Kier alpha value is -2.25. The van der Waals surface area contributed by atoms with Gasteiger partial charge in [0, 0.05) is 32.1 Å². The summed E-state index contributed by atoms with van der Waals surface area (Å²) in [5.41, 5.74) is 6.33. The number of halogens is 1. The van der Waals surface area contributed by atoms with Crippen LogP contribution in [0.15, 0.2) is 42.7 Å². The second kappa shape index (κ2) is 9.71. The van der Waals surface area contributed by atoms with Crippen LogP contribution in [-0.4, -0.2) is 52.3 Å². The zero-order valence-corrected chi connectivity index (χ0v) is 18.1. The van der Waals surface area contributed by atoms with Crippen LogP contribution in [0.3, 0.4) is 0 Å². The monoisotopic (exact) mass is 416 g/mol. The van der Waals surface area contributed by atoms with Crippen LogP contribution in [0.4, 0.5) is 4.39 Å². The van der Waals surface area contributed by atoms with Gasteiger partial charge in [0.1, 0.15) is 18.1 Å². The van der Waals surface area contributed by atoms with Crippen LogP contribution in [0.1, 0.15) is 51.0 Å². The first-order valence-electron chi connectivity index (χ1n) is 10.6. The molecule has 1 aromatic heterocycles. The summed E-state index contributed by atoms with van der Waals surface area (Å²) in [4.78, 5) is 19.6. The molecule has 1 unspecified atom stereocenters. The number of carbonyl (C=O) groups excluding carboxylic acids is 1. The number of imidazole rings is 1. The molecule has 1 aliphatic rings. The SMILES string of the molecule is CC(C)(C)C(c1nccn1Cc1ccccc1)N(C[C@@H](F)CN)C(=O)[C@@H]1CCCO1. The van der Waals surface area contributed by atoms with E-state index in [1.807, 2.05) is 49.7 Å². The van der Waals surface area contributed by atoms with E-state index in [0.717, 1.165) is 17.8 Å². The van der Waals surface area contributed by atoms with Crippen molar-refractivity contribution in [1.82, 2.24) is 14.5 Å². The number of aromatic nitrogens is 2. The molecular formula is C23H33FN4O2. The molecule has 0 spiro atoms. The molecule has 1 aliphatic heterocycles. The Kier molecular flexibility index (Phi) is 7.26. The van der Waals surface area contributed by atoms with Gasteiger partial charge in [-0.25, -0.2) is 9.37 Å². The van der Waals surface area contributed by atoms with Crippen LogP contribution >= 0.6 is 0 Å². The summed E-state index contributed by atoms with van der Waals surface area (Å²) in [6, 6.07) is 9.66. The molecular weight excluding hydrogens is 383 g/mol. The van der Waals surface area contributed by atoms with Crippen LogP contribution in [-0.2, 0) is 16.1 Å². The first-order valence-corrected chi connectivity index (χ1v) is 10.6. The van der Waals surface area contributed by atoms with Gasteiger partial charge in [0.05, 0.1) is 12.6 Å². The predicted octanol–water partition coefficient (Wildman–Crippen LogP) is 3.32. The maximum absolute atomic E-state index is 14.5. The van der Waals surface area contributed by atoms with Gasteiger partial charge in [-0.3, -0.25) is 4.79 Å². The van der Waals surface area contributed by atoms with Crippen molar-refractivity contribution in [2.45, 2.75) is 58.5 Å². The van der Waals surface area contributed by atoms with Crippen LogP contribution < -0.4 is 5.73 Å². The highest BCUT2D eigenvalue weighted by Crippen LogP contribution is 2.39. The molecule has 0 aliphatic carbocycles. The number of benzene rings is 1. The van der Waals surface area contributed by atoms with Crippen molar-refractivity contribution in [2.24, 2.45) is 11.1 Å². The fourth-order valence-electron chi connectivity index (χ4n) is 4.04. The minimum Gasteiger partial charge on any atom is -0.368 e. The lowest BCUT2D eigenvalue weighted by Gasteiger charge is -2.41. The summed E-state index contributed by atoms with van der Waals surface area (Å²) < 4.78 is 22.2. The molecule has 30 heavy (non-hydrogen) atoms. The van der Waals surface area contributed by atoms with Crippen LogP contribution in [0.25, 0.3) is 0 Å². The summed E-state index contributed by atoms with van der Waals surface area (Å²) in [5.74, 6) is 0.555. The minimum atomic E-state index is -1.31. The Morgan fingerprint density at radius 1 is 1.37 bits per heavy atom. The molecule has 0 bridgehead atoms. The Morgan fingerprint density at radius 2 is 2.10 bits per heavy atom. The maximum Gasteiger partial charge on any atom is 0.252 e. The van der Waals surface area contributed by atoms with Crippen molar-refractivity contribution in [1.29, 1.82) is 0 Å². The van der Waals surface area contributed by atoms with E-state index in [1.54, 1.807) is 11.1 Å². The second-order valence-electron chi connectivity index (χ2n) is 8.99. The van der Waals surface area contributed by atoms with Crippen molar-refractivity contribution in [3.63, 3.8) is 0 Å². The minimum absolute atomic E-state index is 0.0741. The zero-order chi connectivity index (χ0) is 21.7. The highest BCUT2D eigenvalue weighted by atomic mass is 19.1. The summed E-state index contributed by atoms with van der Waals surface area (Å²) in [7, 11) is 0. The largest absolute Gasteiger partial charge is 0.368 e. The Balaban J connectivity index is 1.98. The first kappa shape index (κ1) is 22.4. The number of alkyl halides is 1. The molecule has 3 rings (SSSR count). The lowest BCUT2D eigenvalue weighted by molar-refractivity contribution is -0.147. The number of hydrogen-bond donors (Lipinski definition) is 1. The molecule has 6 nitrogen and oxygen atoms in total. The predicted molar refractivity (Wildman–Crippen MR) is 115 cm³/mol. The Morgan fingerprint density at radius 3 is 2.70 bits per heavy atom. The van der Waals surface area contributed by atoms with E-state index in [0.29, 0.717) is 19.6 Å². The van der Waals surface area contributed by atoms with Gasteiger partial charge in [-0.15, -0.1) is 0 Å². The zero-order valence-electron chi connectivity index (χ0n) is 18.1. The first-order chi connectivity index (χ1) is 14.3. The molecule has 2 N–H and O–H groups in total. The van der Waals surface area contributed by atoms with Gasteiger partial charge in [0.25, 0.3) is 5.91 Å². The van der Waals surface area contributed by atoms with E-state index in [9.17, 15) is 9.18 Å². The Bertz CT molecular complexity index is 812. The average Bonchev–Trinajstić information content (AvgIpc) is 3.39. The molecule has 164 valence electrons. The number of carbonyl (C=O) groups is 1. The van der Waals surface area contributed by atoms with Crippen LogP contribution in [0, 0.1) is 5.41 Å². The van der Waals surface area contributed by atoms with Crippen molar-refractivity contribution >= 4 is 5.91 Å². The number of rotatable bonds is 8. The van der Waals surface area contributed by atoms with Crippen molar-refractivity contribution in [2.75, 3.05) is 19.7 Å². The van der Waals surface area contributed by atoms with Gasteiger partial charge < -0.3 is 19.9 Å². The number of nitrogens with zero attached hydrogens (tertiary/aromatic N) is 3. The number of amides is 1. The highest BCUT2D eigenvalue weighted by molar-refractivity contribution is 5.81. The molecule has 1 aromatic carbocycles. The number of hydrogen-bond acceptors (Lipinski definition) is 4. The fourth-order valence-corrected chi connectivity index (χ4v) is 4.04. The third-order valence-corrected chi connectivity index (χ3v) is 5.46. The average molecular weight is 417 g/mol. The molecule has 0 radical (unpaired) electrons. The van der Waals surface area contributed by atoms with E-state index in [-0.39, 0.29) is 24.4 Å². The van der Waals surface area contributed by atoms with E-state index in [2.05, 4.69) is 17.1 Å². The second-order valence-corrected chi connectivity index (χ2v) is 8.99. The molecule has 1 amide bonds. The van der Waals surface area contributed by atoms with Crippen molar-refractivity contribution in [3.05, 3.63) is 54.1 Å². The van der Waals surface area contributed by atoms with Crippen LogP contribution in [0.2, 0.25) is 0 Å². The quantitative estimate of drug-likeness (QED) is 0.716. The number of ether oxygens (including phenoxy) is 1. The van der Waals surface area contributed by atoms with Crippen LogP contribution in [0.5, 0.6) is 0 Å². The standard InChI is InChI=1S/C23H33FN4O2/c1-23(2,3)20(21-26-11-12-27(21)15-17-8-5-4-6-9-17)28(16-18(24)14-25)22(29)19-10-7-13-30-19/h4-6,8-9,11-12,18-20H,7,10,13-16,25H2,1-3H3/t18-,19-,20?/m0/s1. The lowest BCUT2D eigenvalue weighted by atomic mass is 9.84. The van der Waals surface area contributed by atoms with E-state index >= 15 is 0 Å². The van der Waals surface area contributed by atoms with E-state index in [4.69, 9.17) is 10.5 Å². The fraction of sp³-hybridized carbons (Fsp3) is 0.565.